The van der Waals surface area contributed by atoms with E-state index in [1.165, 1.54) is 23.5 Å². The van der Waals surface area contributed by atoms with Gasteiger partial charge in [0.25, 0.3) is 5.91 Å². The minimum atomic E-state index is -0.267. The number of benzene rings is 3. The fourth-order valence-electron chi connectivity index (χ4n) is 4.04. The highest BCUT2D eigenvalue weighted by atomic mass is 35.5. The first kappa shape index (κ1) is 27.6. The Morgan fingerprint density at radius 1 is 0.947 bits per heavy atom. The van der Waals surface area contributed by atoms with Gasteiger partial charge in [-0.2, -0.15) is 0 Å². The lowest BCUT2D eigenvalue weighted by Gasteiger charge is -2.21. The lowest BCUT2D eigenvalue weighted by atomic mass is 10.1. The Balaban J connectivity index is 1.37. The molecule has 6 nitrogen and oxygen atoms in total. The van der Waals surface area contributed by atoms with Crippen LogP contribution in [0.15, 0.2) is 72.1 Å². The van der Waals surface area contributed by atoms with Crippen LogP contribution in [0.5, 0.6) is 11.5 Å². The van der Waals surface area contributed by atoms with Crippen molar-refractivity contribution in [1.82, 2.24) is 15.2 Å². The molecule has 0 atom stereocenters. The standard InChI is InChI=1S/C29H29ClFN3O3S/c1-36-26-11-8-20(15-27(26)37-2)12-13-32-29(35)25-19-38-28(33-25)18-34(16-21-6-9-24(31)10-7-21)17-22-4-3-5-23(30)14-22/h3-11,14-15,19H,12-13,16-18H2,1-2H3,(H,32,35). The Hall–Kier alpha value is -3.46. The lowest BCUT2D eigenvalue weighted by molar-refractivity contribution is 0.0949. The van der Waals surface area contributed by atoms with Crippen LogP contribution >= 0.6 is 22.9 Å². The van der Waals surface area contributed by atoms with Crippen molar-refractivity contribution in [3.8, 4) is 11.5 Å². The van der Waals surface area contributed by atoms with E-state index in [1.54, 1.807) is 31.7 Å². The molecule has 38 heavy (non-hydrogen) atoms. The molecule has 0 aliphatic heterocycles. The second-order valence-electron chi connectivity index (χ2n) is 8.72. The molecule has 0 fully saturated rings. The van der Waals surface area contributed by atoms with Gasteiger partial charge in [0, 0.05) is 30.0 Å². The van der Waals surface area contributed by atoms with Crippen LogP contribution in [0.25, 0.3) is 0 Å². The number of hydrogen-bond donors (Lipinski definition) is 1. The third kappa shape index (κ3) is 7.77. The highest BCUT2D eigenvalue weighted by molar-refractivity contribution is 7.09. The van der Waals surface area contributed by atoms with Crippen LogP contribution in [0.4, 0.5) is 4.39 Å². The Bertz CT molecular complexity index is 1360. The van der Waals surface area contributed by atoms with Gasteiger partial charge in [-0.25, -0.2) is 9.37 Å². The summed E-state index contributed by atoms with van der Waals surface area (Å²) in [6.07, 6.45) is 0.647. The second kappa shape index (κ2) is 13.4. The van der Waals surface area contributed by atoms with E-state index in [-0.39, 0.29) is 11.7 Å². The summed E-state index contributed by atoms with van der Waals surface area (Å²) >= 11 is 7.63. The second-order valence-corrected chi connectivity index (χ2v) is 10.1. The SMILES string of the molecule is COc1ccc(CCNC(=O)c2csc(CN(Cc3ccc(F)cc3)Cc3cccc(Cl)c3)n2)cc1OC. The van der Waals surface area contributed by atoms with Crippen molar-refractivity contribution >= 4 is 28.8 Å². The monoisotopic (exact) mass is 553 g/mol. The molecule has 3 aromatic carbocycles. The minimum Gasteiger partial charge on any atom is -0.493 e. The van der Waals surface area contributed by atoms with Gasteiger partial charge in [-0.05, 0) is 59.5 Å². The lowest BCUT2D eigenvalue weighted by Crippen LogP contribution is -2.26. The van der Waals surface area contributed by atoms with Crippen LogP contribution in [0.3, 0.4) is 0 Å². The summed E-state index contributed by atoms with van der Waals surface area (Å²) in [5, 5.41) is 6.21. The molecule has 0 aliphatic carbocycles. The van der Waals surface area contributed by atoms with Crippen LogP contribution in [0.2, 0.25) is 5.02 Å². The molecule has 198 valence electrons. The molecule has 1 amide bonds. The summed E-state index contributed by atoms with van der Waals surface area (Å²) in [6.45, 7) is 2.23. The van der Waals surface area contributed by atoms with Gasteiger partial charge in [0.05, 0.1) is 20.8 Å². The largest absolute Gasteiger partial charge is 0.493 e. The van der Waals surface area contributed by atoms with Crippen LogP contribution in [0, 0.1) is 5.82 Å². The maximum absolute atomic E-state index is 13.4. The van der Waals surface area contributed by atoms with Crippen molar-refractivity contribution < 1.29 is 18.7 Å². The number of nitrogens with zero attached hydrogens (tertiary/aromatic N) is 2. The molecule has 1 heterocycles. The van der Waals surface area contributed by atoms with Crippen molar-refractivity contribution in [3.05, 3.63) is 110 Å². The maximum atomic E-state index is 13.4. The fourth-order valence-corrected chi connectivity index (χ4v) is 5.06. The van der Waals surface area contributed by atoms with E-state index in [9.17, 15) is 9.18 Å². The van der Waals surface area contributed by atoms with E-state index < -0.39 is 0 Å². The molecule has 0 saturated carbocycles. The molecule has 1 aromatic heterocycles. The summed E-state index contributed by atoms with van der Waals surface area (Å²) in [7, 11) is 3.19. The van der Waals surface area contributed by atoms with E-state index in [4.69, 9.17) is 21.1 Å². The van der Waals surface area contributed by atoms with Gasteiger partial charge in [0.15, 0.2) is 11.5 Å². The zero-order valence-electron chi connectivity index (χ0n) is 21.2. The number of thiazole rings is 1. The van der Waals surface area contributed by atoms with Gasteiger partial charge in [0.2, 0.25) is 0 Å². The molecule has 4 aromatic rings. The van der Waals surface area contributed by atoms with Crippen molar-refractivity contribution in [2.75, 3.05) is 20.8 Å². The Kier molecular flexibility index (Phi) is 9.70. The third-order valence-electron chi connectivity index (χ3n) is 5.91. The zero-order chi connectivity index (χ0) is 26.9. The van der Waals surface area contributed by atoms with Gasteiger partial charge >= 0.3 is 0 Å². The quantitative estimate of drug-likeness (QED) is 0.229. The first-order chi connectivity index (χ1) is 18.4. The number of methoxy groups -OCH3 is 2. The van der Waals surface area contributed by atoms with Gasteiger partial charge < -0.3 is 14.8 Å². The van der Waals surface area contributed by atoms with Crippen molar-refractivity contribution in [2.45, 2.75) is 26.1 Å². The summed E-state index contributed by atoms with van der Waals surface area (Å²) in [5.41, 5.74) is 3.46. The molecule has 0 bridgehead atoms. The number of carbonyl (C=O) groups excluding carboxylic acids is 1. The molecule has 9 heteroatoms. The number of hydrogen-bond acceptors (Lipinski definition) is 6. The summed E-state index contributed by atoms with van der Waals surface area (Å²) < 4.78 is 24.0. The average molecular weight is 554 g/mol. The molecule has 4 rings (SSSR count). The van der Waals surface area contributed by atoms with Crippen molar-refractivity contribution in [2.24, 2.45) is 0 Å². The van der Waals surface area contributed by atoms with Gasteiger partial charge in [-0.15, -0.1) is 11.3 Å². The van der Waals surface area contributed by atoms with Gasteiger partial charge in [-0.1, -0.05) is 41.9 Å². The van der Waals surface area contributed by atoms with E-state index in [2.05, 4.69) is 15.2 Å². The Labute approximate surface area is 231 Å². The molecular formula is C29H29ClFN3O3S. The van der Waals surface area contributed by atoms with Gasteiger partial charge in [0.1, 0.15) is 16.5 Å². The molecule has 1 N–H and O–H groups in total. The number of rotatable bonds is 12. The Morgan fingerprint density at radius 2 is 1.68 bits per heavy atom. The predicted molar refractivity (Wildman–Crippen MR) is 149 cm³/mol. The van der Waals surface area contributed by atoms with Crippen molar-refractivity contribution in [3.63, 3.8) is 0 Å². The molecule has 0 unspecified atom stereocenters. The number of carbonyl (C=O) groups is 1. The summed E-state index contributed by atoms with van der Waals surface area (Å²) in [6, 6.07) is 19.9. The fraction of sp³-hybridized carbons (Fsp3) is 0.241. The first-order valence-corrected chi connectivity index (χ1v) is 13.3. The summed E-state index contributed by atoms with van der Waals surface area (Å²) in [5.74, 6) is 0.840. The molecule has 0 radical (unpaired) electrons. The predicted octanol–water partition coefficient (Wildman–Crippen LogP) is 6.13. The highest BCUT2D eigenvalue weighted by Crippen LogP contribution is 2.27. The zero-order valence-corrected chi connectivity index (χ0v) is 22.8. The van der Waals surface area contributed by atoms with E-state index in [0.29, 0.717) is 54.8 Å². The van der Waals surface area contributed by atoms with Crippen LogP contribution in [0.1, 0.15) is 32.2 Å². The smallest absolute Gasteiger partial charge is 0.270 e. The molecule has 0 aliphatic rings. The van der Waals surface area contributed by atoms with E-state index in [0.717, 1.165) is 21.7 Å². The van der Waals surface area contributed by atoms with Crippen molar-refractivity contribution in [1.29, 1.82) is 0 Å². The topological polar surface area (TPSA) is 63.7 Å². The third-order valence-corrected chi connectivity index (χ3v) is 6.97. The van der Waals surface area contributed by atoms with Gasteiger partial charge in [-0.3, -0.25) is 9.69 Å². The van der Waals surface area contributed by atoms with Crippen LogP contribution in [-0.2, 0) is 26.1 Å². The number of halogens is 2. The normalized spacial score (nSPS) is 11.0. The number of amides is 1. The average Bonchev–Trinajstić information content (AvgIpc) is 3.38. The van der Waals surface area contributed by atoms with E-state index >= 15 is 0 Å². The van der Waals surface area contributed by atoms with Crippen LogP contribution in [-0.4, -0.2) is 36.6 Å². The molecule has 0 spiro atoms. The van der Waals surface area contributed by atoms with E-state index in [1.807, 2.05) is 42.5 Å². The summed E-state index contributed by atoms with van der Waals surface area (Å²) in [4.78, 5) is 19.5. The molecule has 0 saturated heterocycles. The first-order valence-electron chi connectivity index (χ1n) is 12.1. The number of nitrogens with one attached hydrogen (secondary N) is 1. The van der Waals surface area contributed by atoms with Crippen LogP contribution < -0.4 is 14.8 Å². The maximum Gasteiger partial charge on any atom is 0.270 e. The molecular weight excluding hydrogens is 525 g/mol. The number of aromatic nitrogens is 1. The highest BCUT2D eigenvalue weighted by Gasteiger charge is 2.15. The number of ether oxygens (including phenoxy) is 2. The minimum absolute atomic E-state index is 0.215. The Morgan fingerprint density at radius 3 is 2.42 bits per heavy atom.